The lowest BCUT2D eigenvalue weighted by molar-refractivity contribution is -0.207. The van der Waals surface area contributed by atoms with Crippen molar-refractivity contribution in [3.8, 4) is 11.8 Å². The van der Waals surface area contributed by atoms with Gasteiger partial charge in [-0.2, -0.15) is 13.2 Å². The van der Waals surface area contributed by atoms with Gasteiger partial charge in [-0.15, -0.1) is 0 Å². The molecule has 3 nitrogen and oxygen atoms in total. The number of carbonyl (C=O) groups is 1. The number of rotatable bonds is 5. The second kappa shape index (κ2) is 8.44. The Balaban J connectivity index is 2.51. The van der Waals surface area contributed by atoms with Crippen LogP contribution in [0.25, 0.3) is 0 Å². The lowest BCUT2D eigenvalue weighted by atomic mass is 10.2. The molecule has 22 heavy (non-hydrogen) atoms. The molecular formula is C16H17F3O3. The van der Waals surface area contributed by atoms with Crippen molar-refractivity contribution < 1.29 is 27.4 Å². The Morgan fingerprint density at radius 3 is 2.41 bits per heavy atom. The van der Waals surface area contributed by atoms with E-state index in [1.54, 1.807) is 0 Å². The minimum Gasteiger partial charge on any atom is -0.439 e. The molecule has 0 radical (unpaired) electrons. The zero-order chi connectivity index (χ0) is 16.6. The van der Waals surface area contributed by atoms with Gasteiger partial charge >= 0.3 is 12.1 Å². The average molecular weight is 314 g/mol. The van der Waals surface area contributed by atoms with Gasteiger partial charge < -0.3 is 9.47 Å². The highest BCUT2D eigenvalue weighted by Crippen LogP contribution is 2.23. The Labute approximate surface area is 127 Å². The number of ether oxygens (including phenoxy) is 2. The molecule has 0 amide bonds. The molecule has 1 rings (SSSR count). The Bertz CT molecular complexity index is 527. The SMILES string of the molecule is CC(C)C(=O)OC(C#CCOCc1ccccc1)C(F)(F)F. The van der Waals surface area contributed by atoms with Crippen molar-refractivity contribution in [1.82, 2.24) is 0 Å². The normalized spacial score (nSPS) is 12.5. The third kappa shape index (κ3) is 6.64. The molecule has 0 fully saturated rings. The first kappa shape index (κ1) is 18.1. The summed E-state index contributed by atoms with van der Waals surface area (Å²) in [5, 5.41) is 0. The maximum atomic E-state index is 12.7. The summed E-state index contributed by atoms with van der Waals surface area (Å²) in [7, 11) is 0. The topological polar surface area (TPSA) is 35.5 Å². The fourth-order valence-electron chi connectivity index (χ4n) is 1.36. The lowest BCUT2D eigenvalue weighted by Crippen LogP contribution is -2.34. The van der Waals surface area contributed by atoms with Crippen molar-refractivity contribution in [2.45, 2.75) is 32.7 Å². The monoisotopic (exact) mass is 314 g/mol. The van der Waals surface area contributed by atoms with Crippen molar-refractivity contribution in [1.29, 1.82) is 0 Å². The van der Waals surface area contributed by atoms with E-state index in [4.69, 9.17) is 4.74 Å². The molecular weight excluding hydrogens is 297 g/mol. The standard InChI is InChI=1S/C16H17F3O3/c1-12(2)15(20)22-14(16(17,18)19)9-6-10-21-11-13-7-4-3-5-8-13/h3-5,7-8,12,14H,10-11H2,1-2H3. The van der Waals surface area contributed by atoms with Crippen molar-refractivity contribution >= 4 is 5.97 Å². The van der Waals surface area contributed by atoms with Crippen molar-refractivity contribution in [2.75, 3.05) is 6.61 Å². The number of halogens is 3. The number of esters is 1. The van der Waals surface area contributed by atoms with Gasteiger partial charge in [0.15, 0.2) is 0 Å². The van der Waals surface area contributed by atoms with Crippen LogP contribution in [0.2, 0.25) is 0 Å². The summed E-state index contributed by atoms with van der Waals surface area (Å²) >= 11 is 0. The van der Waals surface area contributed by atoms with Gasteiger partial charge in [-0.3, -0.25) is 4.79 Å². The molecule has 0 aliphatic rings. The van der Waals surface area contributed by atoms with Crippen LogP contribution in [0.3, 0.4) is 0 Å². The summed E-state index contributed by atoms with van der Waals surface area (Å²) in [5.74, 6) is 2.53. The minimum absolute atomic E-state index is 0.180. The maximum Gasteiger partial charge on any atom is 0.437 e. The van der Waals surface area contributed by atoms with Gasteiger partial charge in [0, 0.05) is 0 Å². The average Bonchev–Trinajstić information content (AvgIpc) is 2.45. The van der Waals surface area contributed by atoms with E-state index < -0.39 is 24.2 Å². The van der Waals surface area contributed by atoms with Gasteiger partial charge in [0.05, 0.1) is 12.5 Å². The fraction of sp³-hybridized carbons (Fsp3) is 0.438. The molecule has 1 atom stereocenters. The van der Waals surface area contributed by atoms with E-state index in [-0.39, 0.29) is 13.2 Å². The molecule has 0 spiro atoms. The van der Waals surface area contributed by atoms with Crippen LogP contribution in [-0.2, 0) is 20.9 Å². The van der Waals surface area contributed by atoms with E-state index in [1.165, 1.54) is 13.8 Å². The molecule has 1 aromatic carbocycles. The summed E-state index contributed by atoms with van der Waals surface area (Å²) in [4.78, 5) is 11.3. The number of benzene rings is 1. The highest BCUT2D eigenvalue weighted by molar-refractivity contribution is 5.72. The third-order valence-corrected chi connectivity index (χ3v) is 2.52. The Morgan fingerprint density at radius 1 is 1.23 bits per heavy atom. The first-order valence-electron chi connectivity index (χ1n) is 6.68. The zero-order valence-electron chi connectivity index (χ0n) is 12.3. The quantitative estimate of drug-likeness (QED) is 0.475. The molecule has 0 aliphatic heterocycles. The molecule has 1 aromatic rings. The van der Waals surface area contributed by atoms with Crippen LogP contribution in [0.1, 0.15) is 19.4 Å². The van der Waals surface area contributed by atoms with Crippen molar-refractivity contribution in [2.24, 2.45) is 5.92 Å². The Morgan fingerprint density at radius 2 is 1.86 bits per heavy atom. The number of alkyl halides is 3. The van der Waals surface area contributed by atoms with Crippen LogP contribution >= 0.6 is 0 Å². The molecule has 0 saturated heterocycles. The first-order chi connectivity index (χ1) is 10.3. The van der Waals surface area contributed by atoms with Crippen LogP contribution < -0.4 is 0 Å². The summed E-state index contributed by atoms with van der Waals surface area (Å²) < 4.78 is 47.6. The van der Waals surface area contributed by atoms with Gasteiger partial charge in [0.25, 0.3) is 6.10 Å². The van der Waals surface area contributed by atoms with E-state index in [9.17, 15) is 18.0 Å². The largest absolute Gasteiger partial charge is 0.439 e. The molecule has 0 heterocycles. The zero-order valence-corrected chi connectivity index (χ0v) is 12.3. The minimum atomic E-state index is -4.73. The van der Waals surface area contributed by atoms with Crippen LogP contribution in [0.5, 0.6) is 0 Å². The fourth-order valence-corrected chi connectivity index (χ4v) is 1.36. The van der Waals surface area contributed by atoms with Gasteiger partial charge in [-0.25, -0.2) is 0 Å². The molecule has 0 aliphatic carbocycles. The molecule has 1 unspecified atom stereocenters. The Hall–Kier alpha value is -2.00. The number of hydrogen-bond donors (Lipinski definition) is 0. The van der Waals surface area contributed by atoms with Gasteiger partial charge in [-0.1, -0.05) is 50.1 Å². The van der Waals surface area contributed by atoms with Crippen LogP contribution in [0.4, 0.5) is 13.2 Å². The maximum absolute atomic E-state index is 12.7. The van der Waals surface area contributed by atoms with Gasteiger partial charge in [0.2, 0.25) is 0 Å². The molecule has 6 heteroatoms. The van der Waals surface area contributed by atoms with E-state index in [0.29, 0.717) is 0 Å². The second-order valence-corrected chi connectivity index (χ2v) is 4.81. The van der Waals surface area contributed by atoms with Gasteiger partial charge in [0.1, 0.15) is 6.61 Å². The molecule has 120 valence electrons. The predicted octanol–water partition coefficient (Wildman–Crippen LogP) is 3.34. The van der Waals surface area contributed by atoms with Crippen LogP contribution in [-0.4, -0.2) is 24.9 Å². The molecule has 0 bridgehead atoms. The Kier molecular flexibility index (Phi) is 6.93. The van der Waals surface area contributed by atoms with E-state index in [0.717, 1.165) is 5.56 Å². The number of hydrogen-bond acceptors (Lipinski definition) is 3. The molecule has 0 N–H and O–H groups in total. The summed E-state index contributed by atoms with van der Waals surface area (Å²) in [6, 6.07) is 9.16. The summed E-state index contributed by atoms with van der Waals surface area (Å²) in [5.41, 5.74) is 0.892. The first-order valence-corrected chi connectivity index (χ1v) is 6.68. The lowest BCUT2D eigenvalue weighted by Gasteiger charge is -2.16. The predicted molar refractivity (Wildman–Crippen MR) is 74.6 cm³/mol. The molecule has 0 saturated carbocycles. The highest BCUT2D eigenvalue weighted by atomic mass is 19.4. The van der Waals surface area contributed by atoms with E-state index >= 15 is 0 Å². The van der Waals surface area contributed by atoms with Gasteiger partial charge in [-0.05, 0) is 11.5 Å². The summed E-state index contributed by atoms with van der Waals surface area (Å²) in [6.07, 6.45) is -7.15. The highest BCUT2D eigenvalue weighted by Gasteiger charge is 2.42. The van der Waals surface area contributed by atoms with Crippen LogP contribution in [0.15, 0.2) is 30.3 Å². The van der Waals surface area contributed by atoms with E-state index in [2.05, 4.69) is 10.7 Å². The smallest absolute Gasteiger partial charge is 0.437 e. The van der Waals surface area contributed by atoms with Crippen LogP contribution in [0, 0.1) is 17.8 Å². The van der Waals surface area contributed by atoms with E-state index in [1.807, 2.05) is 36.3 Å². The second-order valence-electron chi connectivity index (χ2n) is 4.81. The third-order valence-electron chi connectivity index (χ3n) is 2.52. The van der Waals surface area contributed by atoms with Crippen molar-refractivity contribution in [3.05, 3.63) is 35.9 Å². The molecule has 0 aromatic heterocycles. The number of carbonyl (C=O) groups excluding carboxylic acids is 1. The van der Waals surface area contributed by atoms with Crippen molar-refractivity contribution in [3.63, 3.8) is 0 Å². The summed E-state index contributed by atoms with van der Waals surface area (Å²) in [6.45, 7) is 2.97.